The molecular weight excluding hydrogens is 252 g/mol. The number of halogens is 1. The Bertz CT molecular complexity index is 219. The summed E-state index contributed by atoms with van der Waals surface area (Å²) in [6.45, 7) is 5.31. The molecule has 0 rings (SSSR count). The van der Waals surface area contributed by atoms with Crippen LogP contribution in [0.2, 0.25) is 0 Å². The molecule has 0 radical (unpaired) electrons. The molecule has 0 saturated carbocycles. The number of alkyl halides is 1. The van der Waals surface area contributed by atoms with Crippen LogP contribution in [0.15, 0.2) is 0 Å². The first-order valence-corrected chi connectivity index (χ1v) is 5.11. The molecule has 0 amide bonds. The van der Waals surface area contributed by atoms with Crippen LogP contribution < -0.4 is 0 Å². The van der Waals surface area contributed by atoms with E-state index in [0.29, 0.717) is 0 Å². The van der Waals surface area contributed by atoms with Crippen molar-refractivity contribution in [3.05, 3.63) is 0 Å². The smallest absolute Gasteiger partial charge is 0.320 e. The van der Waals surface area contributed by atoms with Crippen LogP contribution in [0, 0.1) is 0 Å². The van der Waals surface area contributed by atoms with Gasteiger partial charge in [0.1, 0.15) is 10.4 Å². The summed E-state index contributed by atoms with van der Waals surface area (Å²) in [6, 6.07) is 0. The number of ether oxygens (including phenoxy) is 2. The first kappa shape index (κ1) is 13.4. The molecule has 0 unspecified atom stereocenters. The average Bonchev–Trinajstić information content (AvgIpc) is 1.99. The molecular formula is C9H15BrO4. The zero-order valence-electron chi connectivity index (χ0n) is 8.80. The zero-order valence-corrected chi connectivity index (χ0v) is 10.4. The van der Waals surface area contributed by atoms with E-state index in [4.69, 9.17) is 4.74 Å². The van der Waals surface area contributed by atoms with Gasteiger partial charge in [-0.15, -0.1) is 0 Å². The predicted molar refractivity (Wildman–Crippen MR) is 55.2 cm³/mol. The Morgan fingerprint density at radius 1 is 1.36 bits per heavy atom. The lowest BCUT2D eigenvalue weighted by Crippen LogP contribution is -2.27. The Kier molecular flexibility index (Phi) is 5.12. The van der Waals surface area contributed by atoms with Crippen LogP contribution in [-0.2, 0) is 19.1 Å². The third-order valence-corrected chi connectivity index (χ3v) is 1.92. The topological polar surface area (TPSA) is 52.6 Å². The molecule has 1 atom stereocenters. The first-order chi connectivity index (χ1) is 6.26. The minimum absolute atomic E-state index is 0.0239. The summed E-state index contributed by atoms with van der Waals surface area (Å²) in [7, 11) is 1.27. The van der Waals surface area contributed by atoms with Gasteiger partial charge in [-0.05, 0) is 20.8 Å². The Labute approximate surface area is 92.1 Å². The van der Waals surface area contributed by atoms with Gasteiger partial charge >= 0.3 is 11.9 Å². The average molecular weight is 267 g/mol. The van der Waals surface area contributed by atoms with Crippen molar-refractivity contribution < 1.29 is 19.1 Å². The molecule has 0 aliphatic rings. The summed E-state index contributed by atoms with van der Waals surface area (Å²) in [5, 5.41) is 0. The van der Waals surface area contributed by atoms with E-state index in [9.17, 15) is 9.59 Å². The maximum absolute atomic E-state index is 11.2. The summed E-state index contributed by atoms with van der Waals surface area (Å²) in [4.78, 5) is 21.5. The molecule has 0 aliphatic heterocycles. The fourth-order valence-electron chi connectivity index (χ4n) is 0.741. The molecule has 0 saturated heterocycles. The monoisotopic (exact) mass is 266 g/mol. The van der Waals surface area contributed by atoms with Crippen LogP contribution in [0.3, 0.4) is 0 Å². The predicted octanol–water partition coefficient (Wildman–Crippen LogP) is 1.65. The number of rotatable bonds is 3. The van der Waals surface area contributed by atoms with Crippen molar-refractivity contribution in [2.75, 3.05) is 7.11 Å². The lowest BCUT2D eigenvalue weighted by atomic mass is 10.2. The van der Waals surface area contributed by atoms with Crippen molar-refractivity contribution in [2.45, 2.75) is 37.6 Å². The fraction of sp³-hybridized carbons (Fsp3) is 0.778. The number of hydrogen-bond acceptors (Lipinski definition) is 4. The van der Waals surface area contributed by atoms with E-state index in [1.54, 1.807) is 20.8 Å². The highest BCUT2D eigenvalue weighted by Gasteiger charge is 2.23. The summed E-state index contributed by atoms with van der Waals surface area (Å²) < 4.78 is 9.48. The van der Waals surface area contributed by atoms with Crippen LogP contribution in [0.25, 0.3) is 0 Å². The number of carbonyl (C=O) groups excluding carboxylic acids is 2. The molecule has 82 valence electrons. The maximum atomic E-state index is 11.2. The molecule has 0 aliphatic carbocycles. The quantitative estimate of drug-likeness (QED) is 0.576. The molecule has 0 aromatic heterocycles. The van der Waals surface area contributed by atoms with E-state index in [0.717, 1.165) is 0 Å². The maximum Gasteiger partial charge on any atom is 0.320 e. The molecule has 14 heavy (non-hydrogen) atoms. The highest BCUT2D eigenvalue weighted by Crippen LogP contribution is 2.13. The van der Waals surface area contributed by atoms with Crippen molar-refractivity contribution in [3.8, 4) is 0 Å². The van der Waals surface area contributed by atoms with Crippen LogP contribution >= 0.6 is 15.9 Å². The molecule has 0 fully saturated rings. The number of carbonyl (C=O) groups is 2. The highest BCUT2D eigenvalue weighted by molar-refractivity contribution is 9.10. The van der Waals surface area contributed by atoms with E-state index >= 15 is 0 Å². The second kappa shape index (κ2) is 5.34. The Balaban J connectivity index is 4.01. The zero-order chi connectivity index (χ0) is 11.4. The van der Waals surface area contributed by atoms with Gasteiger partial charge in [-0.25, -0.2) is 0 Å². The normalized spacial score (nSPS) is 13.2. The van der Waals surface area contributed by atoms with Crippen LogP contribution in [0.4, 0.5) is 0 Å². The largest absolute Gasteiger partial charge is 0.468 e. The van der Waals surface area contributed by atoms with Gasteiger partial charge in [-0.1, -0.05) is 15.9 Å². The van der Waals surface area contributed by atoms with Crippen LogP contribution in [0.1, 0.15) is 27.2 Å². The van der Waals surface area contributed by atoms with Gasteiger partial charge in [0.2, 0.25) is 0 Å². The van der Waals surface area contributed by atoms with E-state index in [-0.39, 0.29) is 6.42 Å². The van der Waals surface area contributed by atoms with Gasteiger partial charge in [0.25, 0.3) is 0 Å². The highest BCUT2D eigenvalue weighted by atomic mass is 79.9. The van der Waals surface area contributed by atoms with E-state index in [2.05, 4.69) is 20.7 Å². The summed E-state index contributed by atoms with van der Waals surface area (Å²) in [5.41, 5.74) is -0.528. The van der Waals surface area contributed by atoms with Gasteiger partial charge in [0.15, 0.2) is 0 Å². The van der Waals surface area contributed by atoms with E-state index in [1.807, 2.05) is 0 Å². The lowest BCUT2D eigenvalue weighted by Gasteiger charge is -2.20. The van der Waals surface area contributed by atoms with Gasteiger partial charge in [-0.3, -0.25) is 9.59 Å². The Morgan fingerprint density at radius 3 is 2.21 bits per heavy atom. The first-order valence-electron chi connectivity index (χ1n) is 4.20. The molecule has 0 heterocycles. The summed E-state index contributed by atoms with van der Waals surface area (Å²) in [6.07, 6.45) is -0.0239. The van der Waals surface area contributed by atoms with Crippen LogP contribution in [-0.4, -0.2) is 29.5 Å². The molecule has 0 bridgehead atoms. The summed E-state index contributed by atoms with van der Waals surface area (Å²) in [5.74, 6) is -0.902. The molecule has 4 nitrogen and oxygen atoms in total. The number of hydrogen-bond donors (Lipinski definition) is 0. The third-order valence-electron chi connectivity index (χ3n) is 1.22. The molecule has 0 aromatic rings. The van der Waals surface area contributed by atoms with Gasteiger partial charge < -0.3 is 9.47 Å². The van der Waals surface area contributed by atoms with Gasteiger partial charge in [0.05, 0.1) is 13.5 Å². The molecule has 0 aromatic carbocycles. The van der Waals surface area contributed by atoms with Crippen LogP contribution in [0.5, 0.6) is 0 Å². The fourth-order valence-corrected chi connectivity index (χ4v) is 1.19. The standard InChI is InChI=1S/C9H15BrO4/c1-9(2,3)14-7(11)5-6(10)8(12)13-4/h6H,5H2,1-4H3/t6-/m0/s1. The van der Waals surface area contributed by atoms with E-state index < -0.39 is 22.4 Å². The minimum atomic E-state index is -0.637. The van der Waals surface area contributed by atoms with Crippen molar-refractivity contribution in [1.29, 1.82) is 0 Å². The van der Waals surface area contributed by atoms with Crippen molar-refractivity contribution >= 4 is 27.9 Å². The molecule has 0 N–H and O–H groups in total. The van der Waals surface area contributed by atoms with Gasteiger partial charge in [0, 0.05) is 0 Å². The second-order valence-corrected chi connectivity index (χ2v) is 4.89. The number of esters is 2. The minimum Gasteiger partial charge on any atom is -0.468 e. The number of methoxy groups -OCH3 is 1. The lowest BCUT2D eigenvalue weighted by molar-refractivity contribution is -0.157. The Morgan fingerprint density at radius 2 is 1.86 bits per heavy atom. The van der Waals surface area contributed by atoms with Crippen molar-refractivity contribution in [1.82, 2.24) is 0 Å². The van der Waals surface area contributed by atoms with Crippen molar-refractivity contribution in [2.24, 2.45) is 0 Å². The van der Waals surface area contributed by atoms with Gasteiger partial charge in [-0.2, -0.15) is 0 Å². The van der Waals surface area contributed by atoms with Crippen molar-refractivity contribution in [3.63, 3.8) is 0 Å². The molecule has 0 spiro atoms. The Hall–Kier alpha value is -0.580. The second-order valence-electron chi connectivity index (χ2n) is 3.78. The summed E-state index contributed by atoms with van der Waals surface area (Å²) >= 11 is 3.04. The third kappa shape index (κ3) is 5.96. The SMILES string of the molecule is COC(=O)[C@@H](Br)CC(=O)OC(C)(C)C. The van der Waals surface area contributed by atoms with E-state index in [1.165, 1.54) is 7.11 Å². The molecule has 5 heteroatoms.